The highest BCUT2D eigenvalue weighted by molar-refractivity contribution is 5.74. The summed E-state index contributed by atoms with van der Waals surface area (Å²) in [4.78, 5) is 11.4. The van der Waals surface area contributed by atoms with Crippen molar-refractivity contribution in [3.05, 3.63) is 36.2 Å². The molecule has 1 aromatic carbocycles. The van der Waals surface area contributed by atoms with Crippen LogP contribution in [0.3, 0.4) is 0 Å². The molecule has 2 aromatic rings. The minimum atomic E-state index is 0.408. The Morgan fingerprint density at radius 1 is 1.29 bits per heavy atom. The molecule has 0 spiro atoms. The fraction of sp³-hybridized carbons (Fsp3) is 0.529. The van der Waals surface area contributed by atoms with Crippen LogP contribution in [-0.4, -0.2) is 40.0 Å². The lowest BCUT2D eigenvalue weighted by molar-refractivity contribution is 0.0905. The molecule has 112 valence electrons. The van der Waals surface area contributed by atoms with Crippen LogP contribution < -0.4 is 5.32 Å². The van der Waals surface area contributed by atoms with E-state index in [1.807, 2.05) is 0 Å². The second-order valence-corrected chi connectivity index (χ2v) is 6.05. The third-order valence-corrected chi connectivity index (χ3v) is 4.60. The van der Waals surface area contributed by atoms with Crippen LogP contribution >= 0.6 is 0 Å². The van der Waals surface area contributed by atoms with Crippen LogP contribution in [0, 0.1) is 0 Å². The maximum atomic E-state index is 4.43. The number of rotatable bonds is 3. The molecule has 4 nitrogen and oxygen atoms in total. The summed E-state index contributed by atoms with van der Waals surface area (Å²) in [6, 6.07) is 8.03. The van der Waals surface area contributed by atoms with E-state index in [4.69, 9.17) is 0 Å². The average Bonchev–Trinajstić information content (AvgIpc) is 2.53. The molecule has 3 atom stereocenters. The van der Waals surface area contributed by atoms with Gasteiger partial charge in [-0.2, -0.15) is 0 Å². The van der Waals surface area contributed by atoms with E-state index in [1.165, 1.54) is 12.0 Å². The van der Waals surface area contributed by atoms with Crippen LogP contribution in [0.15, 0.2) is 30.6 Å². The van der Waals surface area contributed by atoms with Gasteiger partial charge in [0.05, 0.1) is 11.0 Å². The fourth-order valence-corrected chi connectivity index (χ4v) is 3.27. The van der Waals surface area contributed by atoms with Crippen molar-refractivity contribution >= 4 is 11.0 Å². The molecule has 0 bridgehead atoms. The smallest absolute Gasteiger partial charge is 0.0890 e. The molecule has 0 radical (unpaired) electrons. The van der Waals surface area contributed by atoms with Crippen molar-refractivity contribution in [2.24, 2.45) is 0 Å². The van der Waals surface area contributed by atoms with Gasteiger partial charge in [0.2, 0.25) is 0 Å². The number of nitrogens with zero attached hydrogens (tertiary/aromatic N) is 3. The van der Waals surface area contributed by atoms with Gasteiger partial charge in [-0.05, 0) is 38.0 Å². The summed E-state index contributed by atoms with van der Waals surface area (Å²) in [5.74, 6) is 0. The molecule has 2 heterocycles. The SMILES string of the molecule is CC[C@@H]1CN[C@@H](C)CN1C(C)c1ccc2nccnc2c1. The van der Waals surface area contributed by atoms with E-state index >= 15 is 0 Å². The van der Waals surface area contributed by atoms with Gasteiger partial charge in [0, 0.05) is 43.6 Å². The topological polar surface area (TPSA) is 41.0 Å². The van der Waals surface area contributed by atoms with Gasteiger partial charge in [-0.3, -0.25) is 14.9 Å². The summed E-state index contributed by atoms with van der Waals surface area (Å²) >= 11 is 0. The van der Waals surface area contributed by atoms with Gasteiger partial charge in [0.25, 0.3) is 0 Å². The first-order valence-corrected chi connectivity index (χ1v) is 7.89. The highest BCUT2D eigenvalue weighted by Crippen LogP contribution is 2.27. The lowest BCUT2D eigenvalue weighted by Crippen LogP contribution is -2.55. The molecule has 3 rings (SSSR count). The van der Waals surface area contributed by atoms with Crippen LogP contribution in [0.4, 0.5) is 0 Å². The second kappa shape index (κ2) is 6.08. The summed E-state index contributed by atoms with van der Waals surface area (Å²) in [6.07, 6.45) is 4.69. The average molecular weight is 284 g/mol. The van der Waals surface area contributed by atoms with Gasteiger partial charge >= 0.3 is 0 Å². The molecule has 1 unspecified atom stereocenters. The maximum absolute atomic E-state index is 4.43. The van der Waals surface area contributed by atoms with Crippen LogP contribution in [0.5, 0.6) is 0 Å². The van der Waals surface area contributed by atoms with Crippen molar-refractivity contribution in [1.82, 2.24) is 20.2 Å². The first kappa shape index (κ1) is 14.4. The lowest BCUT2D eigenvalue weighted by atomic mass is 9.99. The summed E-state index contributed by atoms with van der Waals surface area (Å²) in [6.45, 7) is 9.01. The second-order valence-electron chi connectivity index (χ2n) is 6.05. The van der Waals surface area contributed by atoms with Gasteiger partial charge in [0.1, 0.15) is 0 Å². The van der Waals surface area contributed by atoms with Crippen molar-refractivity contribution in [3.63, 3.8) is 0 Å². The number of aromatic nitrogens is 2. The molecule has 1 saturated heterocycles. The maximum Gasteiger partial charge on any atom is 0.0890 e. The first-order chi connectivity index (χ1) is 10.2. The number of hydrogen-bond acceptors (Lipinski definition) is 4. The van der Waals surface area contributed by atoms with Crippen molar-refractivity contribution < 1.29 is 0 Å². The zero-order valence-electron chi connectivity index (χ0n) is 13.1. The highest BCUT2D eigenvalue weighted by Gasteiger charge is 2.28. The molecule has 1 aliphatic rings. The van der Waals surface area contributed by atoms with Gasteiger partial charge < -0.3 is 5.32 Å². The summed E-state index contributed by atoms with van der Waals surface area (Å²) in [7, 11) is 0. The Balaban J connectivity index is 1.89. The van der Waals surface area contributed by atoms with Crippen LogP contribution in [-0.2, 0) is 0 Å². The summed E-state index contributed by atoms with van der Waals surface area (Å²) in [5, 5.41) is 3.58. The fourth-order valence-electron chi connectivity index (χ4n) is 3.27. The monoisotopic (exact) mass is 284 g/mol. The number of piperazine rings is 1. The number of benzene rings is 1. The molecule has 21 heavy (non-hydrogen) atoms. The van der Waals surface area contributed by atoms with E-state index in [0.717, 1.165) is 24.1 Å². The van der Waals surface area contributed by atoms with Gasteiger partial charge in [0.15, 0.2) is 0 Å². The zero-order chi connectivity index (χ0) is 14.8. The Kier molecular flexibility index (Phi) is 4.17. The quantitative estimate of drug-likeness (QED) is 0.941. The van der Waals surface area contributed by atoms with Crippen molar-refractivity contribution in [1.29, 1.82) is 0 Å². The molecule has 1 aromatic heterocycles. The van der Waals surface area contributed by atoms with Crippen LogP contribution in [0.25, 0.3) is 11.0 Å². The van der Waals surface area contributed by atoms with E-state index < -0.39 is 0 Å². The van der Waals surface area contributed by atoms with E-state index in [0.29, 0.717) is 18.1 Å². The third kappa shape index (κ3) is 2.92. The van der Waals surface area contributed by atoms with E-state index in [-0.39, 0.29) is 0 Å². The molecule has 0 amide bonds. The molecule has 0 saturated carbocycles. The van der Waals surface area contributed by atoms with Crippen molar-refractivity contribution in [2.45, 2.75) is 45.3 Å². The Hall–Kier alpha value is -1.52. The van der Waals surface area contributed by atoms with E-state index in [2.05, 4.69) is 59.2 Å². The summed E-state index contributed by atoms with van der Waals surface area (Å²) in [5.41, 5.74) is 3.28. The van der Waals surface area contributed by atoms with Crippen molar-refractivity contribution in [3.8, 4) is 0 Å². The lowest BCUT2D eigenvalue weighted by Gasteiger charge is -2.42. The summed E-state index contributed by atoms with van der Waals surface area (Å²) < 4.78 is 0. The standard InChI is InChI=1S/C17H24N4/c1-4-15-10-20-12(2)11-21(15)13(3)14-5-6-16-17(9-14)19-8-7-18-16/h5-9,12-13,15,20H,4,10-11H2,1-3H3/t12-,13?,15+/m0/s1. The third-order valence-electron chi connectivity index (χ3n) is 4.60. The zero-order valence-corrected chi connectivity index (χ0v) is 13.1. The minimum Gasteiger partial charge on any atom is -0.311 e. The Morgan fingerprint density at radius 3 is 2.81 bits per heavy atom. The normalized spacial score (nSPS) is 25.1. The van der Waals surface area contributed by atoms with Crippen LogP contribution in [0.1, 0.15) is 38.8 Å². The highest BCUT2D eigenvalue weighted by atomic mass is 15.2. The molecule has 1 aliphatic heterocycles. The predicted molar refractivity (Wildman–Crippen MR) is 86.2 cm³/mol. The number of hydrogen-bond donors (Lipinski definition) is 1. The van der Waals surface area contributed by atoms with Gasteiger partial charge in [-0.15, -0.1) is 0 Å². The molecular formula is C17H24N4. The molecule has 1 fully saturated rings. The Labute approximate surface area is 126 Å². The molecule has 1 N–H and O–H groups in total. The van der Waals surface area contributed by atoms with Gasteiger partial charge in [-0.25, -0.2) is 0 Å². The van der Waals surface area contributed by atoms with E-state index in [9.17, 15) is 0 Å². The predicted octanol–water partition coefficient (Wildman–Crippen LogP) is 2.76. The van der Waals surface area contributed by atoms with Gasteiger partial charge in [-0.1, -0.05) is 13.0 Å². The number of fused-ring (bicyclic) bond motifs is 1. The van der Waals surface area contributed by atoms with Crippen LogP contribution in [0.2, 0.25) is 0 Å². The molecular weight excluding hydrogens is 260 g/mol. The number of nitrogens with one attached hydrogen (secondary N) is 1. The van der Waals surface area contributed by atoms with E-state index in [1.54, 1.807) is 12.4 Å². The Morgan fingerprint density at radius 2 is 2.05 bits per heavy atom. The minimum absolute atomic E-state index is 0.408. The first-order valence-electron chi connectivity index (χ1n) is 7.89. The molecule has 0 aliphatic carbocycles. The Bertz CT molecular complexity index is 613. The molecule has 4 heteroatoms. The van der Waals surface area contributed by atoms with Crippen molar-refractivity contribution in [2.75, 3.05) is 13.1 Å². The largest absolute Gasteiger partial charge is 0.311 e.